The quantitative estimate of drug-likeness (QED) is 0.650. The van der Waals surface area contributed by atoms with Gasteiger partial charge in [0.2, 0.25) is 0 Å². The number of benzene rings is 1. The maximum absolute atomic E-state index is 12.0. The van der Waals surface area contributed by atoms with Crippen LogP contribution in [0.25, 0.3) is 21.1 Å². The van der Waals surface area contributed by atoms with Gasteiger partial charge >= 0.3 is 11.6 Å². The van der Waals surface area contributed by atoms with Crippen molar-refractivity contribution in [3.05, 3.63) is 43.5 Å². The number of thiophene rings is 1. The number of nitrogens with zero attached hydrogens (tertiary/aromatic N) is 1. The molecule has 0 aliphatic carbocycles. The molecule has 0 unspecified atom stereocenters. The van der Waals surface area contributed by atoms with E-state index in [1.54, 1.807) is 17.4 Å². The Balaban J connectivity index is 1.84. The highest BCUT2D eigenvalue weighted by atomic mass is 79.9. The molecule has 4 rings (SSSR count). The topological polar surface area (TPSA) is 80.0 Å². The number of carboxylic acids is 1. The predicted molar refractivity (Wildman–Crippen MR) is 98.6 cm³/mol. The summed E-state index contributed by atoms with van der Waals surface area (Å²) in [6.45, 7) is 4.04. The van der Waals surface area contributed by atoms with E-state index < -0.39 is 11.6 Å². The zero-order valence-electron chi connectivity index (χ0n) is 13.1. The summed E-state index contributed by atoms with van der Waals surface area (Å²) in [5.41, 5.74) is -0.741. The van der Waals surface area contributed by atoms with Gasteiger partial charge in [-0.05, 0) is 22.0 Å². The van der Waals surface area contributed by atoms with Gasteiger partial charge in [-0.15, -0.1) is 11.3 Å². The highest BCUT2D eigenvalue weighted by molar-refractivity contribution is 9.10. The average Bonchev–Trinajstić information content (AvgIpc) is 2.91. The Kier molecular flexibility index (Phi) is 4.36. The lowest BCUT2D eigenvalue weighted by Crippen LogP contribution is -2.35. The van der Waals surface area contributed by atoms with Gasteiger partial charge in [0.1, 0.15) is 5.56 Å². The molecule has 0 spiro atoms. The number of aromatic carboxylic acids is 1. The van der Waals surface area contributed by atoms with Crippen LogP contribution in [-0.4, -0.2) is 42.3 Å². The number of hydrogen-bond donors (Lipinski definition) is 1. The number of ether oxygens (including phenoxy) is 1. The Bertz CT molecular complexity index is 1030. The predicted octanol–water partition coefficient (Wildman–Crippen LogP) is 3.30. The zero-order valence-corrected chi connectivity index (χ0v) is 15.5. The van der Waals surface area contributed by atoms with Gasteiger partial charge < -0.3 is 14.3 Å². The van der Waals surface area contributed by atoms with Crippen molar-refractivity contribution in [2.45, 2.75) is 6.54 Å². The zero-order chi connectivity index (χ0) is 17.6. The first kappa shape index (κ1) is 16.7. The summed E-state index contributed by atoms with van der Waals surface area (Å²) >= 11 is 5.22. The summed E-state index contributed by atoms with van der Waals surface area (Å²) < 4.78 is 12.6. The molecule has 6 nitrogen and oxygen atoms in total. The molecule has 25 heavy (non-hydrogen) atoms. The molecule has 0 saturated carbocycles. The molecule has 1 fully saturated rings. The van der Waals surface area contributed by atoms with Crippen LogP contribution in [0, 0.1) is 0 Å². The molecule has 2 aromatic heterocycles. The van der Waals surface area contributed by atoms with Crippen LogP contribution in [0.4, 0.5) is 0 Å². The average molecular weight is 424 g/mol. The number of fused-ring (bicyclic) bond motifs is 3. The monoisotopic (exact) mass is 423 g/mol. The number of carbonyl (C=O) groups is 1. The Labute approximate surface area is 154 Å². The molecule has 1 N–H and O–H groups in total. The Morgan fingerprint density at radius 1 is 1.32 bits per heavy atom. The van der Waals surface area contributed by atoms with Crippen molar-refractivity contribution in [1.29, 1.82) is 0 Å². The Morgan fingerprint density at radius 2 is 2.08 bits per heavy atom. The summed E-state index contributed by atoms with van der Waals surface area (Å²) in [7, 11) is 0. The van der Waals surface area contributed by atoms with Crippen molar-refractivity contribution in [2.75, 3.05) is 26.3 Å². The summed E-state index contributed by atoms with van der Waals surface area (Å²) in [5, 5.41) is 10.7. The van der Waals surface area contributed by atoms with E-state index >= 15 is 0 Å². The molecule has 1 aliphatic heterocycles. The minimum Gasteiger partial charge on any atom is -0.477 e. The van der Waals surface area contributed by atoms with Crippen LogP contribution in [0.3, 0.4) is 0 Å². The second kappa shape index (κ2) is 6.53. The molecule has 3 heterocycles. The van der Waals surface area contributed by atoms with E-state index in [1.165, 1.54) is 6.07 Å². The van der Waals surface area contributed by atoms with Crippen molar-refractivity contribution in [1.82, 2.24) is 4.90 Å². The fourth-order valence-corrected chi connectivity index (χ4v) is 5.02. The van der Waals surface area contributed by atoms with Crippen molar-refractivity contribution in [3.8, 4) is 0 Å². The van der Waals surface area contributed by atoms with E-state index in [9.17, 15) is 9.59 Å². The number of hydrogen-bond acceptors (Lipinski definition) is 6. The molecule has 0 atom stereocenters. The molecule has 1 saturated heterocycles. The minimum atomic E-state index is -1.28. The maximum Gasteiger partial charge on any atom is 0.351 e. The van der Waals surface area contributed by atoms with E-state index in [0.717, 1.165) is 52.3 Å². The molecule has 8 heteroatoms. The summed E-state index contributed by atoms with van der Waals surface area (Å²) in [4.78, 5) is 26.5. The fourth-order valence-electron chi connectivity index (χ4n) is 2.96. The fraction of sp³-hybridized carbons (Fsp3) is 0.294. The van der Waals surface area contributed by atoms with Crippen LogP contribution >= 0.6 is 27.3 Å². The number of rotatable bonds is 3. The third-order valence-corrected chi connectivity index (χ3v) is 6.62. The first-order valence-corrected chi connectivity index (χ1v) is 9.36. The highest BCUT2D eigenvalue weighted by Gasteiger charge is 2.19. The smallest absolute Gasteiger partial charge is 0.351 e. The summed E-state index contributed by atoms with van der Waals surface area (Å²) in [6.07, 6.45) is 0. The van der Waals surface area contributed by atoms with E-state index in [4.69, 9.17) is 14.3 Å². The number of morpholine rings is 1. The lowest BCUT2D eigenvalue weighted by atomic mass is 10.1. The van der Waals surface area contributed by atoms with Gasteiger partial charge in [-0.2, -0.15) is 0 Å². The van der Waals surface area contributed by atoms with Crippen molar-refractivity contribution in [2.24, 2.45) is 0 Å². The van der Waals surface area contributed by atoms with Gasteiger partial charge in [0.25, 0.3) is 0 Å². The second-order valence-electron chi connectivity index (χ2n) is 5.84. The van der Waals surface area contributed by atoms with Crippen LogP contribution in [-0.2, 0) is 11.3 Å². The molecule has 1 aliphatic rings. The summed E-state index contributed by atoms with van der Waals surface area (Å²) in [6, 6.07) is 5.08. The number of halogens is 1. The molecule has 0 bridgehead atoms. The van der Waals surface area contributed by atoms with Gasteiger partial charge in [-0.25, -0.2) is 9.59 Å². The van der Waals surface area contributed by atoms with Gasteiger partial charge in [0.05, 0.1) is 17.9 Å². The first-order valence-electron chi connectivity index (χ1n) is 7.75. The van der Waals surface area contributed by atoms with Crippen LogP contribution in [0.1, 0.15) is 15.2 Å². The van der Waals surface area contributed by atoms with Crippen molar-refractivity contribution >= 4 is 54.3 Å². The van der Waals surface area contributed by atoms with E-state index in [-0.39, 0.29) is 5.56 Å². The molecule has 0 radical (unpaired) electrons. The molecule has 0 amide bonds. The third kappa shape index (κ3) is 2.99. The van der Waals surface area contributed by atoms with Gasteiger partial charge in [-0.3, -0.25) is 4.90 Å². The Hall–Kier alpha value is -1.74. The normalized spacial score (nSPS) is 15.9. The van der Waals surface area contributed by atoms with Crippen molar-refractivity contribution < 1.29 is 19.1 Å². The van der Waals surface area contributed by atoms with E-state index in [0.29, 0.717) is 11.0 Å². The lowest BCUT2D eigenvalue weighted by Gasteiger charge is -2.26. The van der Waals surface area contributed by atoms with E-state index in [2.05, 4.69) is 20.8 Å². The largest absolute Gasteiger partial charge is 0.477 e. The second-order valence-corrected chi connectivity index (χ2v) is 7.74. The molecular weight excluding hydrogens is 410 g/mol. The minimum absolute atomic E-state index is 0.351. The van der Waals surface area contributed by atoms with Gasteiger partial charge in [0, 0.05) is 39.8 Å². The Morgan fingerprint density at radius 3 is 2.80 bits per heavy atom. The van der Waals surface area contributed by atoms with Gasteiger partial charge in [0.15, 0.2) is 5.58 Å². The third-order valence-electron chi connectivity index (χ3n) is 4.26. The highest BCUT2D eigenvalue weighted by Crippen LogP contribution is 2.40. The van der Waals surface area contributed by atoms with Crippen molar-refractivity contribution in [3.63, 3.8) is 0 Å². The SMILES string of the molecule is O=C(O)c1cc2ccc3c(Br)c(CN4CCOCC4)sc3c2oc1=O. The maximum atomic E-state index is 12.0. The number of carboxylic acid groups (broad SMARTS) is 1. The molecule has 3 aromatic rings. The standard InChI is InChI=1S/C17H14BrNO5S/c18-13-10-2-1-9-7-11(16(20)21)17(22)24-14(9)15(10)25-12(13)8-19-3-5-23-6-4-19/h1-2,7H,3-6,8H2,(H,20,21). The van der Waals surface area contributed by atoms with Crippen LogP contribution in [0.2, 0.25) is 0 Å². The molecule has 1 aromatic carbocycles. The molecule has 130 valence electrons. The van der Waals surface area contributed by atoms with E-state index in [1.807, 2.05) is 6.07 Å². The van der Waals surface area contributed by atoms with Crippen LogP contribution in [0.15, 0.2) is 31.9 Å². The first-order chi connectivity index (χ1) is 12.0. The van der Waals surface area contributed by atoms with Crippen LogP contribution in [0.5, 0.6) is 0 Å². The van der Waals surface area contributed by atoms with Crippen LogP contribution < -0.4 is 5.63 Å². The molecular formula is C17H14BrNO5S. The lowest BCUT2D eigenvalue weighted by molar-refractivity contribution is 0.0346. The van der Waals surface area contributed by atoms with Gasteiger partial charge in [-0.1, -0.05) is 12.1 Å². The summed E-state index contributed by atoms with van der Waals surface area (Å²) in [5.74, 6) is -1.28.